The maximum atomic E-state index is 12.3. The molecule has 0 aliphatic heterocycles. The van der Waals surface area contributed by atoms with E-state index in [0.29, 0.717) is 17.1 Å². The second kappa shape index (κ2) is 8.50. The Morgan fingerprint density at radius 2 is 1.92 bits per heavy atom. The number of hydrogen-bond donors (Lipinski definition) is 2. The highest BCUT2D eigenvalue weighted by Crippen LogP contribution is 2.36. The third kappa shape index (κ3) is 4.41. The zero-order valence-corrected chi connectivity index (χ0v) is 14.8. The van der Waals surface area contributed by atoms with Crippen molar-refractivity contribution in [1.29, 1.82) is 0 Å². The molecule has 0 heterocycles. The van der Waals surface area contributed by atoms with E-state index >= 15 is 0 Å². The van der Waals surface area contributed by atoms with Gasteiger partial charge < -0.3 is 19.9 Å². The molecule has 0 aliphatic rings. The number of aliphatic hydroxyl groups excluding tert-OH is 1. The summed E-state index contributed by atoms with van der Waals surface area (Å²) in [6.07, 6.45) is -1.02. The Hall–Kier alpha value is -2.84. The number of benzene rings is 2. The minimum atomic E-state index is -1.02. The lowest BCUT2D eigenvalue weighted by Gasteiger charge is -2.14. The molecular weight excluding hydrogens is 364 g/mol. The Balaban J connectivity index is 2.06. The molecule has 8 nitrogen and oxygen atoms in total. The van der Waals surface area contributed by atoms with Gasteiger partial charge >= 0.3 is 0 Å². The molecule has 1 atom stereocenters. The van der Waals surface area contributed by atoms with Crippen LogP contribution in [0.5, 0.6) is 11.5 Å². The van der Waals surface area contributed by atoms with E-state index in [0.717, 1.165) is 0 Å². The van der Waals surface area contributed by atoms with Gasteiger partial charge in [0.25, 0.3) is 11.6 Å². The molecule has 0 saturated carbocycles. The lowest BCUT2D eigenvalue weighted by atomic mass is 10.1. The molecule has 2 aromatic rings. The van der Waals surface area contributed by atoms with Gasteiger partial charge in [-0.3, -0.25) is 14.9 Å². The van der Waals surface area contributed by atoms with Crippen LogP contribution in [0.4, 0.5) is 5.69 Å². The number of non-ortho nitro benzene ring substituents is 1. The number of halogens is 1. The number of nitrogens with one attached hydrogen (secondary N) is 1. The fourth-order valence-electron chi connectivity index (χ4n) is 2.28. The number of carbonyl (C=O) groups excluding carboxylic acids is 1. The van der Waals surface area contributed by atoms with Crippen LogP contribution < -0.4 is 14.8 Å². The number of methoxy groups -OCH3 is 2. The average molecular weight is 381 g/mol. The minimum Gasteiger partial charge on any atom is -0.493 e. The number of rotatable bonds is 7. The third-order valence-electron chi connectivity index (χ3n) is 3.64. The van der Waals surface area contributed by atoms with Crippen LogP contribution in [0.15, 0.2) is 36.4 Å². The summed E-state index contributed by atoms with van der Waals surface area (Å²) in [4.78, 5) is 22.4. The number of nitrogens with zero attached hydrogens (tertiary/aromatic N) is 1. The number of aliphatic hydroxyl groups is 1. The maximum absolute atomic E-state index is 12.3. The molecule has 0 saturated heterocycles. The molecule has 0 radical (unpaired) electrons. The van der Waals surface area contributed by atoms with Gasteiger partial charge in [0, 0.05) is 24.2 Å². The maximum Gasteiger partial charge on any atom is 0.269 e. The monoisotopic (exact) mass is 380 g/mol. The first-order chi connectivity index (χ1) is 12.4. The van der Waals surface area contributed by atoms with Crippen LogP contribution in [0.1, 0.15) is 22.0 Å². The Morgan fingerprint density at radius 1 is 1.27 bits per heavy atom. The minimum absolute atomic E-state index is 0.0787. The number of nitro groups is 1. The van der Waals surface area contributed by atoms with E-state index in [1.807, 2.05) is 0 Å². The number of amides is 1. The Morgan fingerprint density at radius 3 is 2.46 bits per heavy atom. The predicted molar refractivity (Wildman–Crippen MR) is 94.9 cm³/mol. The molecule has 2 rings (SSSR count). The van der Waals surface area contributed by atoms with E-state index in [2.05, 4.69) is 5.32 Å². The zero-order chi connectivity index (χ0) is 19.3. The van der Waals surface area contributed by atoms with Gasteiger partial charge in [-0.25, -0.2) is 0 Å². The summed E-state index contributed by atoms with van der Waals surface area (Å²) in [5.41, 5.74) is 0.606. The van der Waals surface area contributed by atoms with E-state index in [-0.39, 0.29) is 22.8 Å². The Kier molecular flexibility index (Phi) is 6.37. The van der Waals surface area contributed by atoms with Crippen molar-refractivity contribution < 1.29 is 24.3 Å². The van der Waals surface area contributed by atoms with E-state index in [9.17, 15) is 20.0 Å². The number of hydrogen-bond acceptors (Lipinski definition) is 6. The lowest BCUT2D eigenvalue weighted by molar-refractivity contribution is -0.384. The number of nitro benzene ring substituents is 1. The van der Waals surface area contributed by atoms with Gasteiger partial charge in [0.05, 0.1) is 30.3 Å². The molecular formula is C17H17ClN2O6. The standard InChI is InChI=1S/C17H17ClN2O6/c1-25-15-8-11(7-13(18)16(15)26-2)17(22)19-9-14(21)10-3-5-12(6-4-10)20(23)24/h3-8,14,21H,9H2,1-2H3,(H,19,22)/t14-/m1/s1. The molecule has 0 spiro atoms. The van der Waals surface area contributed by atoms with Crippen molar-refractivity contribution in [2.75, 3.05) is 20.8 Å². The summed E-state index contributed by atoms with van der Waals surface area (Å²) >= 11 is 6.07. The lowest BCUT2D eigenvalue weighted by Crippen LogP contribution is -2.28. The summed E-state index contributed by atoms with van der Waals surface area (Å²) < 4.78 is 10.2. The van der Waals surface area contributed by atoms with Crippen LogP contribution in [0.25, 0.3) is 0 Å². The fraction of sp³-hybridized carbons (Fsp3) is 0.235. The average Bonchev–Trinajstić information content (AvgIpc) is 2.64. The second-order valence-corrected chi connectivity index (χ2v) is 5.68. The van der Waals surface area contributed by atoms with E-state index in [1.54, 1.807) is 0 Å². The SMILES string of the molecule is COc1cc(C(=O)NC[C@@H](O)c2ccc([N+](=O)[O-])cc2)cc(Cl)c1OC. The van der Waals surface area contributed by atoms with E-state index < -0.39 is 16.9 Å². The van der Waals surface area contributed by atoms with Crippen LogP contribution in [-0.2, 0) is 0 Å². The highest BCUT2D eigenvalue weighted by atomic mass is 35.5. The van der Waals surface area contributed by atoms with Crippen LogP contribution >= 0.6 is 11.6 Å². The van der Waals surface area contributed by atoms with Gasteiger partial charge in [-0.2, -0.15) is 0 Å². The molecule has 26 heavy (non-hydrogen) atoms. The van der Waals surface area contributed by atoms with Crippen molar-refractivity contribution >= 4 is 23.2 Å². The molecule has 2 N–H and O–H groups in total. The molecule has 0 bridgehead atoms. The normalized spacial score (nSPS) is 11.5. The smallest absolute Gasteiger partial charge is 0.269 e. The van der Waals surface area contributed by atoms with Crippen LogP contribution in [0.2, 0.25) is 5.02 Å². The molecule has 0 unspecified atom stereocenters. The molecule has 138 valence electrons. The molecule has 9 heteroatoms. The summed E-state index contributed by atoms with van der Waals surface area (Å²) in [7, 11) is 2.86. The molecule has 2 aromatic carbocycles. The highest BCUT2D eigenvalue weighted by molar-refractivity contribution is 6.32. The van der Waals surface area contributed by atoms with Crippen molar-refractivity contribution in [1.82, 2.24) is 5.32 Å². The van der Waals surface area contributed by atoms with Crippen LogP contribution in [-0.4, -0.2) is 36.7 Å². The third-order valence-corrected chi connectivity index (χ3v) is 3.92. The zero-order valence-electron chi connectivity index (χ0n) is 14.1. The Bertz CT molecular complexity index is 810. The van der Waals surface area contributed by atoms with Gasteiger partial charge in [-0.05, 0) is 29.8 Å². The summed E-state index contributed by atoms with van der Waals surface area (Å²) in [5.74, 6) is 0.159. The van der Waals surface area contributed by atoms with E-state index in [4.69, 9.17) is 21.1 Å². The molecule has 0 fully saturated rings. The van der Waals surface area contributed by atoms with Gasteiger partial charge in [0.1, 0.15) is 0 Å². The van der Waals surface area contributed by atoms with Crippen LogP contribution in [0, 0.1) is 10.1 Å². The summed E-state index contributed by atoms with van der Waals surface area (Å²) in [6, 6.07) is 8.34. The highest BCUT2D eigenvalue weighted by Gasteiger charge is 2.17. The van der Waals surface area contributed by atoms with Crippen LogP contribution in [0.3, 0.4) is 0 Å². The van der Waals surface area contributed by atoms with Gasteiger partial charge in [-0.1, -0.05) is 11.6 Å². The van der Waals surface area contributed by atoms with Gasteiger partial charge in [0.15, 0.2) is 11.5 Å². The number of ether oxygens (including phenoxy) is 2. The Labute approximate surface area is 154 Å². The predicted octanol–water partition coefficient (Wildman–Crippen LogP) is 2.73. The van der Waals surface area contributed by atoms with Crippen molar-refractivity contribution in [2.45, 2.75) is 6.10 Å². The quantitative estimate of drug-likeness (QED) is 0.564. The first kappa shape index (κ1) is 19.5. The van der Waals surface area contributed by atoms with E-state index in [1.165, 1.54) is 50.6 Å². The van der Waals surface area contributed by atoms with Gasteiger partial charge in [0.2, 0.25) is 0 Å². The summed E-state index contributed by atoms with van der Waals surface area (Å²) in [5, 5.41) is 23.6. The van der Waals surface area contributed by atoms with Crippen molar-refractivity contribution in [3.05, 3.63) is 62.7 Å². The second-order valence-electron chi connectivity index (χ2n) is 5.27. The van der Waals surface area contributed by atoms with Crippen molar-refractivity contribution in [3.8, 4) is 11.5 Å². The van der Waals surface area contributed by atoms with Gasteiger partial charge in [-0.15, -0.1) is 0 Å². The molecule has 1 amide bonds. The fourth-order valence-corrected chi connectivity index (χ4v) is 2.56. The molecule has 0 aliphatic carbocycles. The largest absolute Gasteiger partial charge is 0.493 e. The number of carbonyl (C=O) groups is 1. The first-order valence-corrected chi connectivity index (χ1v) is 7.87. The first-order valence-electron chi connectivity index (χ1n) is 7.49. The topological polar surface area (TPSA) is 111 Å². The summed E-state index contributed by atoms with van der Waals surface area (Å²) in [6.45, 7) is -0.0807. The van der Waals surface area contributed by atoms with Crippen molar-refractivity contribution in [2.24, 2.45) is 0 Å². The molecule has 0 aromatic heterocycles. The van der Waals surface area contributed by atoms with Crippen molar-refractivity contribution in [3.63, 3.8) is 0 Å².